The molecule has 0 spiro atoms. The molecule has 0 aromatic heterocycles. The Morgan fingerprint density at radius 1 is 1.71 bits per heavy atom. The second kappa shape index (κ2) is 5.90. The second-order valence-corrected chi connectivity index (χ2v) is 0.726. The van der Waals surface area contributed by atoms with Crippen LogP contribution < -0.4 is 0 Å². The standard InChI is InChI=1S/C2H6BO4/c1-5-2-6-7-3-4/h4H,2H2,1H3. The van der Waals surface area contributed by atoms with Gasteiger partial charge in [0, 0.05) is 7.11 Å². The molecular weight excluding hydrogens is 98.8 g/mol. The molecule has 0 rings (SSSR count). The third kappa shape index (κ3) is 5.90. The summed E-state index contributed by atoms with van der Waals surface area (Å²) in [4.78, 5) is 7.98. The Labute approximate surface area is 42.2 Å². The minimum atomic E-state index is 0.0110. The topological polar surface area (TPSA) is 47.9 Å². The molecule has 4 nitrogen and oxygen atoms in total. The summed E-state index contributed by atoms with van der Waals surface area (Å²) in [5, 5.41) is 7.77. The van der Waals surface area contributed by atoms with E-state index in [1.807, 2.05) is 0 Å². The van der Waals surface area contributed by atoms with Crippen molar-refractivity contribution in [2.45, 2.75) is 0 Å². The van der Waals surface area contributed by atoms with Gasteiger partial charge in [-0.2, -0.15) is 0 Å². The zero-order valence-electron chi connectivity index (χ0n) is 3.96. The summed E-state index contributed by atoms with van der Waals surface area (Å²) in [6, 6.07) is 0. The molecule has 0 saturated heterocycles. The predicted octanol–water partition coefficient (Wildman–Crippen LogP) is -0.935. The van der Waals surface area contributed by atoms with Crippen LogP contribution in [0.15, 0.2) is 0 Å². The first-order valence-corrected chi connectivity index (χ1v) is 1.65. The fourth-order valence-electron chi connectivity index (χ4n) is 0.106. The Bertz CT molecular complexity index is 28.9. The average Bonchev–Trinajstić information content (AvgIpc) is 1.69. The number of rotatable bonds is 4. The highest BCUT2D eigenvalue weighted by Crippen LogP contribution is 1.71. The van der Waals surface area contributed by atoms with Gasteiger partial charge in [0.15, 0.2) is 6.79 Å². The minimum Gasteiger partial charge on any atom is -0.427 e. The maximum Gasteiger partial charge on any atom is 0.522 e. The van der Waals surface area contributed by atoms with Crippen LogP contribution in [0.3, 0.4) is 0 Å². The van der Waals surface area contributed by atoms with Crippen LogP contribution in [-0.4, -0.2) is 26.6 Å². The Morgan fingerprint density at radius 3 is 2.86 bits per heavy atom. The molecule has 1 N–H and O–H groups in total. The van der Waals surface area contributed by atoms with Gasteiger partial charge in [0.25, 0.3) is 0 Å². The highest BCUT2D eigenvalue weighted by atomic mass is 17.2. The zero-order chi connectivity index (χ0) is 5.54. The maximum absolute atomic E-state index is 7.77. The summed E-state index contributed by atoms with van der Waals surface area (Å²) in [6.45, 7) is 0.0110. The Balaban J connectivity index is 2.45. The van der Waals surface area contributed by atoms with Crippen molar-refractivity contribution in [3.05, 3.63) is 0 Å². The molecular formula is C2H6BO4. The molecule has 0 saturated carbocycles. The van der Waals surface area contributed by atoms with Gasteiger partial charge < -0.3 is 9.76 Å². The molecule has 7 heavy (non-hydrogen) atoms. The van der Waals surface area contributed by atoms with E-state index in [-0.39, 0.29) is 6.79 Å². The lowest BCUT2D eigenvalue weighted by atomic mass is 10.4. The molecule has 0 bridgehead atoms. The Hall–Kier alpha value is -0.0951. The number of hydrogen-bond donors (Lipinski definition) is 1. The van der Waals surface area contributed by atoms with E-state index in [9.17, 15) is 0 Å². The van der Waals surface area contributed by atoms with Crippen LogP contribution >= 0.6 is 0 Å². The molecule has 5 heteroatoms. The van der Waals surface area contributed by atoms with Crippen LogP contribution in [0.1, 0.15) is 0 Å². The van der Waals surface area contributed by atoms with Gasteiger partial charge in [-0.05, 0) is 0 Å². The summed E-state index contributed by atoms with van der Waals surface area (Å²) >= 11 is 0. The van der Waals surface area contributed by atoms with E-state index in [1.165, 1.54) is 7.11 Å². The lowest BCUT2D eigenvalue weighted by molar-refractivity contribution is -0.268. The molecule has 0 aromatic carbocycles. The van der Waals surface area contributed by atoms with Crippen LogP contribution in [0.4, 0.5) is 0 Å². The molecule has 0 aliphatic heterocycles. The van der Waals surface area contributed by atoms with Crippen molar-refractivity contribution >= 4 is 7.69 Å². The number of methoxy groups -OCH3 is 1. The van der Waals surface area contributed by atoms with E-state index in [0.29, 0.717) is 7.69 Å². The van der Waals surface area contributed by atoms with Crippen molar-refractivity contribution in [3.63, 3.8) is 0 Å². The van der Waals surface area contributed by atoms with E-state index in [0.717, 1.165) is 0 Å². The second-order valence-electron chi connectivity index (χ2n) is 0.726. The van der Waals surface area contributed by atoms with Gasteiger partial charge in [0.1, 0.15) is 0 Å². The smallest absolute Gasteiger partial charge is 0.427 e. The van der Waals surface area contributed by atoms with Crippen molar-refractivity contribution in [1.82, 2.24) is 0 Å². The normalized spacial score (nSPS) is 8.86. The van der Waals surface area contributed by atoms with E-state index in [1.54, 1.807) is 0 Å². The number of hydrogen-bond acceptors (Lipinski definition) is 4. The van der Waals surface area contributed by atoms with Crippen LogP contribution in [0, 0.1) is 0 Å². The molecule has 0 aliphatic rings. The van der Waals surface area contributed by atoms with Gasteiger partial charge in [0.2, 0.25) is 0 Å². The van der Waals surface area contributed by atoms with E-state index >= 15 is 0 Å². The Morgan fingerprint density at radius 2 is 2.43 bits per heavy atom. The highest BCUT2D eigenvalue weighted by Gasteiger charge is 1.83. The van der Waals surface area contributed by atoms with E-state index in [4.69, 9.17) is 5.02 Å². The van der Waals surface area contributed by atoms with Crippen LogP contribution in [0.2, 0.25) is 0 Å². The molecule has 0 heterocycles. The minimum absolute atomic E-state index is 0.0110. The summed E-state index contributed by atoms with van der Waals surface area (Å²) in [6.07, 6.45) is 0. The van der Waals surface area contributed by atoms with Crippen molar-refractivity contribution in [2.24, 2.45) is 0 Å². The van der Waals surface area contributed by atoms with Crippen molar-refractivity contribution in [1.29, 1.82) is 0 Å². The molecule has 0 unspecified atom stereocenters. The fraction of sp³-hybridized carbons (Fsp3) is 1.00. The van der Waals surface area contributed by atoms with Gasteiger partial charge >= 0.3 is 7.69 Å². The van der Waals surface area contributed by atoms with Gasteiger partial charge in [0.05, 0.1) is 0 Å². The van der Waals surface area contributed by atoms with Gasteiger partial charge in [-0.25, -0.2) is 4.89 Å². The van der Waals surface area contributed by atoms with Gasteiger partial charge in [-0.1, -0.05) is 0 Å². The first kappa shape index (κ1) is 6.90. The van der Waals surface area contributed by atoms with E-state index < -0.39 is 0 Å². The monoisotopic (exact) mass is 105 g/mol. The van der Waals surface area contributed by atoms with Crippen molar-refractivity contribution in [3.8, 4) is 0 Å². The third-order valence-corrected chi connectivity index (χ3v) is 0.277. The maximum atomic E-state index is 7.77. The molecule has 0 fully saturated rings. The van der Waals surface area contributed by atoms with Crippen LogP contribution in [-0.2, 0) is 14.4 Å². The molecule has 0 aliphatic carbocycles. The largest absolute Gasteiger partial charge is 0.522 e. The quantitative estimate of drug-likeness (QED) is 0.165. The number of ether oxygens (including phenoxy) is 1. The summed E-state index contributed by atoms with van der Waals surface area (Å²) in [7, 11) is 1.87. The SMILES string of the molecule is COCOO[B]O. The predicted molar refractivity (Wildman–Crippen MR) is 22.0 cm³/mol. The fourth-order valence-corrected chi connectivity index (χ4v) is 0.106. The van der Waals surface area contributed by atoms with Gasteiger partial charge in [-0.3, -0.25) is 4.81 Å². The zero-order valence-corrected chi connectivity index (χ0v) is 3.96. The molecule has 1 radical (unpaired) electrons. The third-order valence-electron chi connectivity index (χ3n) is 0.277. The summed E-state index contributed by atoms with van der Waals surface area (Å²) in [5.74, 6) is 0. The van der Waals surface area contributed by atoms with E-state index in [2.05, 4.69) is 14.4 Å². The van der Waals surface area contributed by atoms with Crippen LogP contribution in [0.25, 0.3) is 0 Å². The van der Waals surface area contributed by atoms with Crippen molar-refractivity contribution < 1.29 is 19.5 Å². The lowest BCUT2D eigenvalue weighted by Crippen LogP contribution is -2.01. The first-order valence-electron chi connectivity index (χ1n) is 1.65. The van der Waals surface area contributed by atoms with Gasteiger partial charge in [-0.15, -0.1) is 0 Å². The van der Waals surface area contributed by atoms with Crippen LogP contribution in [0.5, 0.6) is 0 Å². The molecule has 0 aromatic rings. The first-order chi connectivity index (χ1) is 3.41. The highest BCUT2D eigenvalue weighted by molar-refractivity contribution is 6.15. The summed E-state index contributed by atoms with van der Waals surface area (Å²) < 4.78 is 4.37. The lowest BCUT2D eigenvalue weighted by Gasteiger charge is -1.94. The Kier molecular flexibility index (Phi) is 5.82. The molecule has 0 amide bonds. The van der Waals surface area contributed by atoms with Crippen molar-refractivity contribution in [2.75, 3.05) is 13.9 Å². The molecule has 41 valence electrons. The molecule has 0 atom stereocenters. The average molecular weight is 105 g/mol. The summed E-state index contributed by atoms with van der Waals surface area (Å²) in [5.41, 5.74) is 0.